The summed E-state index contributed by atoms with van der Waals surface area (Å²) >= 11 is 0. The molecule has 9 nitrogen and oxygen atoms in total. The number of methoxy groups -OCH3 is 1. The predicted octanol–water partition coefficient (Wildman–Crippen LogP) is 2.32. The Morgan fingerprint density at radius 2 is 1.71 bits per heavy atom. The van der Waals surface area contributed by atoms with Crippen LogP contribution < -0.4 is 21.3 Å². The first-order chi connectivity index (χ1) is 16.3. The van der Waals surface area contributed by atoms with Crippen LogP contribution in [0.5, 0.6) is 5.75 Å². The largest absolute Gasteiger partial charge is 0.497 e. The van der Waals surface area contributed by atoms with Crippen molar-refractivity contribution in [2.75, 3.05) is 7.11 Å². The third-order valence-electron chi connectivity index (χ3n) is 6.01. The number of nitrogens with zero attached hydrogens (tertiary/aromatic N) is 4. The molecule has 0 saturated heterocycles. The van der Waals surface area contributed by atoms with Crippen molar-refractivity contribution in [2.45, 2.75) is 25.9 Å². The first-order valence-corrected chi connectivity index (χ1v) is 11.0. The predicted molar refractivity (Wildman–Crippen MR) is 130 cm³/mol. The van der Waals surface area contributed by atoms with Crippen molar-refractivity contribution in [1.29, 1.82) is 0 Å². The number of carbonyl (C=O) groups excluding carboxylic acids is 1. The van der Waals surface area contributed by atoms with E-state index in [1.54, 1.807) is 50.0 Å². The highest BCUT2D eigenvalue weighted by molar-refractivity contribution is 5.97. The maximum atomic E-state index is 13.0. The van der Waals surface area contributed by atoms with Gasteiger partial charge in [0.2, 0.25) is 0 Å². The van der Waals surface area contributed by atoms with Gasteiger partial charge in [0.25, 0.3) is 11.5 Å². The lowest BCUT2D eigenvalue weighted by molar-refractivity contribution is 0.0930. The molecule has 1 amide bonds. The van der Waals surface area contributed by atoms with E-state index < -0.39 is 0 Å². The van der Waals surface area contributed by atoms with Crippen molar-refractivity contribution >= 4 is 16.9 Å². The second-order valence-electron chi connectivity index (χ2n) is 8.15. The molecule has 0 radical (unpaired) electrons. The van der Waals surface area contributed by atoms with Gasteiger partial charge in [-0.25, -0.2) is 9.48 Å². The Hall–Kier alpha value is -4.14. The Balaban J connectivity index is 1.55. The lowest BCUT2D eigenvalue weighted by Gasteiger charge is -2.18. The van der Waals surface area contributed by atoms with Crippen LogP contribution in [-0.2, 0) is 20.6 Å². The lowest BCUT2D eigenvalue weighted by Crippen LogP contribution is -2.40. The fourth-order valence-corrected chi connectivity index (χ4v) is 3.90. The molecule has 0 bridgehead atoms. The second kappa shape index (κ2) is 9.38. The zero-order chi connectivity index (χ0) is 24.4. The van der Waals surface area contributed by atoms with Gasteiger partial charge in [-0.3, -0.25) is 18.7 Å². The van der Waals surface area contributed by atoms with Crippen LogP contribution in [-0.4, -0.2) is 38.0 Å². The van der Waals surface area contributed by atoms with E-state index in [9.17, 15) is 14.4 Å². The molecule has 0 fully saturated rings. The zero-order valence-electron chi connectivity index (χ0n) is 19.6. The van der Waals surface area contributed by atoms with Gasteiger partial charge >= 0.3 is 5.69 Å². The summed E-state index contributed by atoms with van der Waals surface area (Å²) in [6.45, 7) is 2.17. The van der Waals surface area contributed by atoms with Gasteiger partial charge in [-0.2, -0.15) is 5.10 Å². The molecular formula is C25H27N5O4. The molecule has 0 aliphatic rings. The van der Waals surface area contributed by atoms with Gasteiger partial charge in [0.15, 0.2) is 0 Å². The summed E-state index contributed by atoms with van der Waals surface area (Å²) in [4.78, 5) is 37.6. The number of carbonyl (C=O) groups is 1. The number of rotatable bonds is 7. The van der Waals surface area contributed by atoms with Crippen LogP contribution in [0.1, 0.15) is 23.7 Å². The molecule has 0 aliphatic carbocycles. The van der Waals surface area contributed by atoms with Crippen LogP contribution in [0.4, 0.5) is 0 Å². The standard InChI is InChI=1S/C25H27N5O4/c1-5-18(26-24(32)17-8-12-21-22(14-17)29(3)25(33)28(21)2)15-30-23(31)13-11-20(27-30)16-6-9-19(34-4)10-7-16/h6-14,18H,5,15H2,1-4H3,(H,26,32)/t18-/m1/s1. The number of nitrogens with one attached hydrogen (secondary N) is 1. The second-order valence-corrected chi connectivity index (χ2v) is 8.15. The highest BCUT2D eigenvalue weighted by Gasteiger charge is 2.17. The molecule has 2 heterocycles. The lowest BCUT2D eigenvalue weighted by atomic mass is 10.1. The fourth-order valence-electron chi connectivity index (χ4n) is 3.90. The Labute approximate surface area is 196 Å². The average molecular weight is 462 g/mol. The number of amides is 1. The zero-order valence-corrected chi connectivity index (χ0v) is 19.6. The Morgan fingerprint density at radius 1 is 1.00 bits per heavy atom. The molecule has 0 spiro atoms. The monoisotopic (exact) mass is 461 g/mol. The number of hydrogen-bond acceptors (Lipinski definition) is 5. The average Bonchev–Trinajstić information content (AvgIpc) is 3.08. The number of imidazole rings is 1. The Kier molecular flexibility index (Phi) is 6.36. The van der Waals surface area contributed by atoms with Crippen LogP contribution in [0.25, 0.3) is 22.3 Å². The SMILES string of the molecule is CC[C@H](Cn1nc(-c2ccc(OC)cc2)ccc1=O)NC(=O)c1ccc2c(c1)n(C)c(=O)n2C. The summed E-state index contributed by atoms with van der Waals surface area (Å²) in [6.07, 6.45) is 0.610. The maximum Gasteiger partial charge on any atom is 0.328 e. The smallest absolute Gasteiger partial charge is 0.328 e. The minimum atomic E-state index is -0.306. The number of benzene rings is 2. The van der Waals surface area contributed by atoms with Crippen LogP contribution in [0.2, 0.25) is 0 Å². The van der Waals surface area contributed by atoms with Crippen LogP contribution in [0, 0.1) is 0 Å². The molecule has 0 unspecified atom stereocenters. The number of hydrogen-bond donors (Lipinski definition) is 1. The topological polar surface area (TPSA) is 100 Å². The number of ether oxygens (including phenoxy) is 1. The van der Waals surface area contributed by atoms with Crippen molar-refractivity contribution in [3.63, 3.8) is 0 Å². The van der Waals surface area contributed by atoms with E-state index in [1.165, 1.54) is 15.3 Å². The fraction of sp³-hybridized carbons (Fsp3) is 0.280. The molecule has 4 rings (SSSR count). The highest BCUT2D eigenvalue weighted by atomic mass is 16.5. The van der Waals surface area contributed by atoms with Gasteiger partial charge < -0.3 is 10.1 Å². The minimum absolute atomic E-state index is 0.152. The van der Waals surface area contributed by atoms with E-state index in [0.717, 1.165) is 16.8 Å². The maximum absolute atomic E-state index is 13.0. The van der Waals surface area contributed by atoms with E-state index in [2.05, 4.69) is 10.4 Å². The highest BCUT2D eigenvalue weighted by Crippen LogP contribution is 2.19. The van der Waals surface area contributed by atoms with Crippen molar-refractivity contribution in [3.05, 3.63) is 81.0 Å². The van der Waals surface area contributed by atoms with E-state index in [0.29, 0.717) is 23.2 Å². The third-order valence-corrected chi connectivity index (χ3v) is 6.01. The Morgan fingerprint density at radius 3 is 2.38 bits per heavy atom. The van der Waals surface area contributed by atoms with Gasteiger partial charge in [0.1, 0.15) is 5.75 Å². The molecule has 4 aromatic rings. The van der Waals surface area contributed by atoms with Crippen LogP contribution in [0.3, 0.4) is 0 Å². The molecule has 0 saturated carbocycles. The number of aromatic nitrogens is 4. The van der Waals surface area contributed by atoms with Crippen molar-refractivity contribution in [1.82, 2.24) is 24.2 Å². The molecule has 1 atom stereocenters. The summed E-state index contributed by atoms with van der Waals surface area (Å²) in [5.41, 5.74) is 2.99. The summed E-state index contributed by atoms with van der Waals surface area (Å²) < 4.78 is 9.62. The molecule has 0 aliphatic heterocycles. The van der Waals surface area contributed by atoms with Crippen molar-refractivity contribution in [2.24, 2.45) is 14.1 Å². The van der Waals surface area contributed by atoms with E-state index in [1.807, 2.05) is 31.2 Å². The summed E-state index contributed by atoms with van der Waals surface area (Å²) in [7, 11) is 4.98. The van der Waals surface area contributed by atoms with E-state index in [4.69, 9.17) is 4.74 Å². The van der Waals surface area contributed by atoms with Crippen molar-refractivity contribution < 1.29 is 9.53 Å². The van der Waals surface area contributed by atoms with Gasteiger partial charge in [0, 0.05) is 37.3 Å². The van der Waals surface area contributed by atoms with E-state index >= 15 is 0 Å². The minimum Gasteiger partial charge on any atom is -0.497 e. The number of aryl methyl sites for hydroxylation is 2. The van der Waals surface area contributed by atoms with Gasteiger partial charge in [-0.15, -0.1) is 0 Å². The van der Waals surface area contributed by atoms with Gasteiger partial charge in [0.05, 0.1) is 30.4 Å². The van der Waals surface area contributed by atoms with Gasteiger partial charge in [-0.1, -0.05) is 6.92 Å². The molecule has 2 aromatic heterocycles. The molecule has 34 heavy (non-hydrogen) atoms. The molecule has 2 aromatic carbocycles. The first kappa shape index (κ1) is 23.0. The third kappa shape index (κ3) is 4.36. The molecule has 1 N–H and O–H groups in total. The summed E-state index contributed by atoms with van der Waals surface area (Å²) in [6, 6.07) is 15.4. The normalized spacial score (nSPS) is 12.0. The van der Waals surface area contributed by atoms with Gasteiger partial charge in [-0.05, 0) is 55.0 Å². The summed E-state index contributed by atoms with van der Waals surface area (Å²) in [5.74, 6) is 0.462. The van der Waals surface area contributed by atoms with E-state index in [-0.39, 0.29) is 29.7 Å². The van der Waals surface area contributed by atoms with Crippen molar-refractivity contribution in [3.8, 4) is 17.0 Å². The van der Waals surface area contributed by atoms with Crippen LogP contribution >= 0.6 is 0 Å². The van der Waals surface area contributed by atoms with Crippen LogP contribution in [0.15, 0.2) is 64.2 Å². The summed E-state index contributed by atoms with van der Waals surface area (Å²) in [5, 5.41) is 7.49. The molecule has 9 heteroatoms. The quantitative estimate of drug-likeness (QED) is 0.455. The molecular weight excluding hydrogens is 434 g/mol. The Bertz CT molecular complexity index is 1460. The first-order valence-electron chi connectivity index (χ1n) is 11.0. The number of fused-ring (bicyclic) bond motifs is 1. The molecule has 176 valence electrons.